The second-order valence-corrected chi connectivity index (χ2v) is 5.00. The molecule has 1 fully saturated rings. The van der Waals surface area contributed by atoms with Gasteiger partial charge in [0.25, 0.3) is 0 Å². The van der Waals surface area contributed by atoms with E-state index in [1.54, 1.807) is 0 Å². The number of hydrogen-bond acceptors (Lipinski definition) is 0. The summed E-state index contributed by atoms with van der Waals surface area (Å²) in [6, 6.07) is 0. The molecule has 0 amide bonds. The summed E-state index contributed by atoms with van der Waals surface area (Å²) in [7, 11) is -1.61. The lowest BCUT2D eigenvalue weighted by molar-refractivity contribution is -0.0406. The second kappa shape index (κ2) is 3.08. The van der Waals surface area contributed by atoms with Crippen LogP contribution >= 0.6 is 7.92 Å². The maximum Gasteiger partial charge on any atom is 0.405 e. The predicted molar refractivity (Wildman–Crippen MR) is 36.6 cm³/mol. The summed E-state index contributed by atoms with van der Waals surface area (Å²) in [5, 5.41) is 0. The molecule has 0 saturated carbocycles. The van der Waals surface area contributed by atoms with Crippen LogP contribution in [0.15, 0.2) is 0 Å². The van der Waals surface area contributed by atoms with Crippen LogP contribution in [0.25, 0.3) is 0 Å². The summed E-state index contributed by atoms with van der Waals surface area (Å²) in [5.41, 5.74) is 0. The molecular formula is C6H10F3P. The highest BCUT2D eigenvalue weighted by atomic mass is 31.1. The Kier molecular flexibility index (Phi) is 2.56. The van der Waals surface area contributed by atoms with Gasteiger partial charge in [0, 0.05) is 7.92 Å². The smallest absolute Gasteiger partial charge is 0.167 e. The van der Waals surface area contributed by atoms with Crippen molar-refractivity contribution in [3.8, 4) is 0 Å². The molecule has 60 valence electrons. The molecule has 4 heteroatoms. The molecule has 0 aromatic rings. The van der Waals surface area contributed by atoms with E-state index in [0.29, 0.717) is 12.3 Å². The molecule has 1 heterocycles. The van der Waals surface area contributed by atoms with Gasteiger partial charge in [-0.25, -0.2) is 0 Å². The summed E-state index contributed by atoms with van der Waals surface area (Å²) in [6.07, 6.45) is 3.39. The number of halogens is 3. The Labute approximate surface area is 59.6 Å². The third-order valence-corrected chi connectivity index (χ3v) is 4.14. The SMILES string of the molecule is FC(F)(F)P1CCCCC1. The van der Waals surface area contributed by atoms with E-state index < -0.39 is 13.8 Å². The zero-order valence-electron chi connectivity index (χ0n) is 5.62. The normalized spacial score (nSPS) is 23.1. The minimum Gasteiger partial charge on any atom is -0.167 e. The maximum absolute atomic E-state index is 12.0. The van der Waals surface area contributed by atoms with E-state index in [4.69, 9.17) is 0 Å². The summed E-state index contributed by atoms with van der Waals surface area (Å²) >= 11 is 0. The van der Waals surface area contributed by atoms with Crippen LogP contribution in [-0.4, -0.2) is 18.2 Å². The first-order valence-corrected chi connectivity index (χ1v) is 5.14. The molecule has 0 aromatic carbocycles. The second-order valence-electron chi connectivity index (χ2n) is 2.52. The van der Waals surface area contributed by atoms with Gasteiger partial charge in [-0.3, -0.25) is 0 Å². The van der Waals surface area contributed by atoms with Crippen LogP contribution in [0.3, 0.4) is 0 Å². The molecule has 1 aliphatic rings. The van der Waals surface area contributed by atoms with Crippen molar-refractivity contribution in [3.05, 3.63) is 0 Å². The molecular weight excluding hydrogens is 160 g/mol. The molecule has 0 radical (unpaired) electrons. The summed E-state index contributed by atoms with van der Waals surface area (Å²) in [6.45, 7) is 0. The van der Waals surface area contributed by atoms with Crippen molar-refractivity contribution in [1.82, 2.24) is 0 Å². The van der Waals surface area contributed by atoms with Crippen LogP contribution in [0, 0.1) is 0 Å². The lowest BCUT2D eigenvalue weighted by Crippen LogP contribution is -2.13. The van der Waals surface area contributed by atoms with Crippen molar-refractivity contribution in [2.45, 2.75) is 25.2 Å². The standard InChI is InChI=1S/C6H10F3P/c7-6(8,9)10-4-2-1-3-5-10/h1-5H2. The van der Waals surface area contributed by atoms with Crippen LogP contribution < -0.4 is 0 Å². The first kappa shape index (κ1) is 8.32. The lowest BCUT2D eigenvalue weighted by atomic mass is 10.3. The van der Waals surface area contributed by atoms with Crippen LogP contribution in [-0.2, 0) is 0 Å². The van der Waals surface area contributed by atoms with E-state index in [2.05, 4.69) is 0 Å². The molecule has 0 spiro atoms. The van der Waals surface area contributed by atoms with Crippen molar-refractivity contribution >= 4 is 7.92 Å². The summed E-state index contributed by atoms with van der Waals surface area (Å²) in [4.78, 5) is 0. The van der Waals surface area contributed by atoms with Crippen molar-refractivity contribution < 1.29 is 13.2 Å². The Morgan fingerprint density at radius 1 is 0.900 bits per heavy atom. The highest BCUT2D eigenvalue weighted by Crippen LogP contribution is 2.55. The molecule has 0 unspecified atom stereocenters. The van der Waals surface area contributed by atoms with Gasteiger partial charge in [-0.05, 0) is 25.2 Å². The lowest BCUT2D eigenvalue weighted by Gasteiger charge is -2.23. The fraction of sp³-hybridized carbons (Fsp3) is 1.00. The maximum atomic E-state index is 12.0. The zero-order chi connectivity index (χ0) is 7.61. The molecule has 10 heavy (non-hydrogen) atoms. The van der Waals surface area contributed by atoms with E-state index in [1.807, 2.05) is 0 Å². The Morgan fingerprint density at radius 3 is 1.70 bits per heavy atom. The molecule has 0 bridgehead atoms. The van der Waals surface area contributed by atoms with Gasteiger partial charge in [-0.2, -0.15) is 13.2 Å². The van der Waals surface area contributed by atoms with Gasteiger partial charge in [-0.15, -0.1) is 0 Å². The predicted octanol–water partition coefficient (Wildman–Crippen LogP) is 3.17. The first-order chi connectivity index (χ1) is 4.61. The molecule has 1 aliphatic heterocycles. The largest absolute Gasteiger partial charge is 0.405 e. The van der Waals surface area contributed by atoms with Crippen molar-refractivity contribution in [1.29, 1.82) is 0 Å². The minimum absolute atomic E-state index is 0.416. The van der Waals surface area contributed by atoms with Crippen LogP contribution in [0.2, 0.25) is 0 Å². The van der Waals surface area contributed by atoms with Crippen molar-refractivity contribution in [2.24, 2.45) is 0 Å². The molecule has 1 saturated heterocycles. The fourth-order valence-electron chi connectivity index (χ4n) is 1.15. The Morgan fingerprint density at radius 2 is 1.40 bits per heavy atom. The Hall–Kier alpha value is 0.220. The molecule has 0 N–H and O–H groups in total. The number of rotatable bonds is 0. The van der Waals surface area contributed by atoms with Gasteiger partial charge in [0.1, 0.15) is 0 Å². The molecule has 1 rings (SSSR count). The van der Waals surface area contributed by atoms with Gasteiger partial charge < -0.3 is 0 Å². The monoisotopic (exact) mass is 170 g/mol. The van der Waals surface area contributed by atoms with E-state index in [9.17, 15) is 13.2 Å². The van der Waals surface area contributed by atoms with E-state index in [0.717, 1.165) is 19.3 Å². The van der Waals surface area contributed by atoms with E-state index in [1.165, 1.54) is 0 Å². The molecule has 0 aromatic heterocycles. The van der Waals surface area contributed by atoms with Crippen LogP contribution in [0.1, 0.15) is 19.3 Å². The highest BCUT2D eigenvalue weighted by Gasteiger charge is 2.39. The Balaban J connectivity index is 2.39. The topological polar surface area (TPSA) is 0 Å². The molecule has 0 atom stereocenters. The average molecular weight is 170 g/mol. The third kappa shape index (κ3) is 2.12. The number of alkyl halides is 3. The van der Waals surface area contributed by atoms with Crippen molar-refractivity contribution in [3.63, 3.8) is 0 Å². The molecule has 0 aliphatic carbocycles. The van der Waals surface area contributed by atoms with Crippen LogP contribution in [0.4, 0.5) is 13.2 Å². The van der Waals surface area contributed by atoms with E-state index in [-0.39, 0.29) is 0 Å². The third-order valence-electron chi connectivity index (χ3n) is 1.71. The minimum atomic E-state index is -3.87. The van der Waals surface area contributed by atoms with E-state index >= 15 is 0 Å². The summed E-state index contributed by atoms with van der Waals surface area (Å²) < 4.78 is 35.9. The molecule has 0 nitrogen and oxygen atoms in total. The van der Waals surface area contributed by atoms with Crippen molar-refractivity contribution in [2.75, 3.05) is 12.3 Å². The fourth-order valence-corrected chi connectivity index (χ4v) is 3.09. The Bertz CT molecular complexity index is 104. The average Bonchev–Trinajstić information content (AvgIpc) is 1.88. The highest BCUT2D eigenvalue weighted by molar-refractivity contribution is 7.58. The first-order valence-electron chi connectivity index (χ1n) is 3.42. The quantitative estimate of drug-likeness (QED) is 0.490. The van der Waals surface area contributed by atoms with Gasteiger partial charge in [0.15, 0.2) is 0 Å². The van der Waals surface area contributed by atoms with Crippen LogP contribution in [0.5, 0.6) is 0 Å². The van der Waals surface area contributed by atoms with Gasteiger partial charge in [0.05, 0.1) is 0 Å². The van der Waals surface area contributed by atoms with Gasteiger partial charge in [0.2, 0.25) is 0 Å². The van der Waals surface area contributed by atoms with Gasteiger partial charge in [-0.1, -0.05) is 6.42 Å². The van der Waals surface area contributed by atoms with Gasteiger partial charge >= 0.3 is 5.92 Å². The zero-order valence-corrected chi connectivity index (χ0v) is 6.51. The summed E-state index contributed by atoms with van der Waals surface area (Å²) in [5.74, 6) is -3.87. The number of hydrogen-bond donors (Lipinski definition) is 0.